The molecule has 54 heavy (non-hydrogen) atoms. The molecule has 0 heterocycles. The Kier molecular flexibility index (Phi) is 20.6. The molecule has 0 saturated heterocycles. The van der Waals surface area contributed by atoms with Crippen molar-refractivity contribution in [1.82, 2.24) is 56.0 Å². The number of hydrogen-bond acceptors (Lipinski definition) is 5. The molecule has 22 heteroatoms. The summed E-state index contributed by atoms with van der Waals surface area (Å²) in [4.78, 5) is 0. The zero-order valence-electron chi connectivity index (χ0n) is 38.4. The summed E-state index contributed by atoms with van der Waals surface area (Å²) in [6.45, 7) is 1.72. The van der Waals surface area contributed by atoms with Crippen molar-refractivity contribution in [2.24, 2.45) is 18.1 Å². The maximum absolute atomic E-state index is 6.29. The van der Waals surface area contributed by atoms with E-state index in [-0.39, 0.29) is 0 Å². The van der Waals surface area contributed by atoms with Crippen molar-refractivity contribution in [3.05, 3.63) is 35.9 Å². The maximum atomic E-state index is 6.29. The van der Waals surface area contributed by atoms with Gasteiger partial charge in [-0.2, -0.15) is 0 Å². The van der Waals surface area contributed by atoms with E-state index in [0.717, 1.165) is 5.56 Å². The van der Waals surface area contributed by atoms with Gasteiger partial charge in [-0.05, 0) is 0 Å². The summed E-state index contributed by atoms with van der Waals surface area (Å²) < 4.78 is 58.4. The fraction of sp³-hybridized carbons (Fsp3) is 0.812. The molecule has 0 N–H and O–H groups in total. The summed E-state index contributed by atoms with van der Waals surface area (Å²) in [6.07, 6.45) is 0. The van der Waals surface area contributed by atoms with Crippen LogP contribution in [0.1, 0.15) is 5.56 Å². The molecule has 0 unspecified atom stereocenters. The average Bonchev–Trinajstić information content (AvgIpc) is 3.04. The van der Waals surface area contributed by atoms with Gasteiger partial charge in [0.15, 0.2) is 0 Å². The minimum atomic E-state index is -4.03. The van der Waals surface area contributed by atoms with Crippen LogP contribution in [0, 0.1) is 0 Å². The second-order valence-electron chi connectivity index (χ2n) is 15.4. The van der Waals surface area contributed by atoms with E-state index in [1.165, 1.54) is 0 Å². The average molecular weight is 861 g/mol. The number of rotatable bonds is 21. The first kappa shape index (κ1) is 52.1. The SMILES string of the molecule is CN(C)P(=N[PH](N=P(N(C)C)(N(C)C)N(C)C)(N=P(N(C)C)(N(C)C)N(C)C)N=P(N(C)C)(N(C)C)N(C)CCOCc1ccccc1)(N(C)C)N(C)C. The van der Waals surface area contributed by atoms with Crippen molar-refractivity contribution in [1.29, 1.82) is 0 Å². The van der Waals surface area contributed by atoms with Crippen molar-refractivity contribution in [2.75, 3.05) is 175 Å². The van der Waals surface area contributed by atoms with Gasteiger partial charge in [0.1, 0.15) is 0 Å². The first-order valence-electron chi connectivity index (χ1n) is 18.0. The van der Waals surface area contributed by atoms with Gasteiger partial charge in [-0.1, -0.05) is 0 Å². The molecule has 0 amide bonds. The van der Waals surface area contributed by atoms with Crippen LogP contribution in [0.25, 0.3) is 0 Å². The molecule has 0 fully saturated rings. The standard InChI is InChI=1S/C32H81N16OP5/c1-37(2)51(38(3)4,39(5)6)33-50(34-52(40(7)8,41(9)10)42(11)12,35-53(43(13)14,44(15)16)45(17)18)36-54(46(19)20,47(21)22)48(23)29-30-49-31-32-27-25-24-26-28-32/h24-28,50H,29-31H2,1-23H3. The molecule has 0 aliphatic heterocycles. The number of likely N-dealkylation sites (N-methyl/N-ethyl adjacent to an activating group) is 1. The molecule has 1 rings (SSSR count). The Morgan fingerprint density at radius 3 is 0.926 bits per heavy atom. The molecule has 0 aliphatic rings. The molecular weight excluding hydrogens is 779 g/mol. The second-order valence-corrected chi connectivity index (χ2v) is 33.6. The molecule has 0 spiro atoms. The van der Waals surface area contributed by atoms with Gasteiger partial charge in [-0.15, -0.1) is 0 Å². The third-order valence-electron chi connectivity index (χ3n) is 9.11. The zero-order valence-corrected chi connectivity index (χ0v) is 42.9. The number of nitrogens with zero attached hydrogens (tertiary/aromatic N) is 16. The van der Waals surface area contributed by atoms with Crippen LogP contribution in [-0.2, 0) is 11.3 Å². The Hall–Kier alpha value is 0.0500. The fourth-order valence-corrected chi connectivity index (χ4v) is 33.3. The molecule has 320 valence electrons. The van der Waals surface area contributed by atoms with Crippen LogP contribution in [0.2, 0.25) is 0 Å². The Morgan fingerprint density at radius 1 is 0.407 bits per heavy atom. The summed E-state index contributed by atoms with van der Waals surface area (Å²) in [7, 11) is 34.0. The Morgan fingerprint density at radius 2 is 0.667 bits per heavy atom. The van der Waals surface area contributed by atoms with Crippen LogP contribution >= 0.6 is 37.9 Å². The summed E-state index contributed by atoms with van der Waals surface area (Å²) in [6, 6.07) is 10.3. The monoisotopic (exact) mass is 861 g/mol. The summed E-state index contributed by atoms with van der Waals surface area (Å²) in [5, 5.41) is 0. The van der Waals surface area contributed by atoms with Crippen LogP contribution in [0.5, 0.6) is 0 Å². The first-order valence-corrected chi connectivity index (χ1v) is 26.2. The van der Waals surface area contributed by atoms with E-state index < -0.39 is 37.9 Å². The Bertz CT molecular complexity index is 1320. The van der Waals surface area contributed by atoms with E-state index in [1.807, 2.05) is 18.2 Å². The number of benzene rings is 1. The molecule has 1 aromatic carbocycles. The summed E-state index contributed by atoms with van der Waals surface area (Å²) in [5.41, 5.74) is 1.15. The zero-order chi connectivity index (χ0) is 42.2. The third-order valence-corrected chi connectivity index (χ3v) is 30.6. The Labute approximate surface area is 333 Å². The molecule has 0 aromatic heterocycles. The predicted molar refractivity (Wildman–Crippen MR) is 245 cm³/mol. The molecular formula is C32H81N16OP5. The third kappa shape index (κ3) is 11.0. The van der Waals surface area contributed by atoms with E-state index in [4.69, 9.17) is 22.8 Å². The molecule has 17 nitrogen and oxygen atoms in total. The van der Waals surface area contributed by atoms with Crippen LogP contribution in [0.4, 0.5) is 0 Å². The van der Waals surface area contributed by atoms with Crippen LogP contribution < -0.4 is 0 Å². The molecule has 0 atom stereocenters. The normalized spacial score (nSPS) is 14.6. The molecule has 0 saturated carbocycles. The summed E-state index contributed by atoms with van der Waals surface area (Å²) >= 11 is 0. The molecule has 1 aromatic rings. The predicted octanol–water partition coefficient (Wildman–Crippen LogP) is 6.51. The van der Waals surface area contributed by atoms with Crippen molar-refractivity contribution >= 4 is 37.9 Å². The van der Waals surface area contributed by atoms with Gasteiger partial charge in [0.25, 0.3) is 0 Å². The van der Waals surface area contributed by atoms with E-state index in [0.29, 0.717) is 19.8 Å². The van der Waals surface area contributed by atoms with E-state index in [9.17, 15) is 0 Å². The van der Waals surface area contributed by atoms with Crippen molar-refractivity contribution in [2.45, 2.75) is 6.61 Å². The van der Waals surface area contributed by atoms with Crippen LogP contribution in [0.15, 0.2) is 48.4 Å². The number of hydrogen-bond donors (Lipinski definition) is 0. The quantitative estimate of drug-likeness (QED) is 0.0995. The Balaban J connectivity index is 5.06. The number of ether oxygens (including phenoxy) is 1. The van der Waals surface area contributed by atoms with Gasteiger partial charge < -0.3 is 0 Å². The first-order chi connectivity index (χ1) is 24.7. The minimum absolute atomic E-state index is 0.530. The van der Waals surface area contributed by atoms with Gasteiger partial charge in [0.2, 0.25) is 0 Å². The van der Waals surface area contributed by atoms with Crippen LogP contribution in [-0.4, -0.2) is 231 Å². The van der Waals surface area contributed by atoms with Crippen LogP contribution in [0.3, 0.4) is 0 Å². The van der Waals surface area contributed by atoms with Crippen molar-refractivity contribution < 1.29 is 4.74 Å². The van der Waals surface area contributed by atoms with E-state index in [1.54, 1.807) is 0 Å². The van der Waals surface area contributed by atoms with Crippen molar-refractivity contribution in [3.63, 3.8) is 0 Å². The van der Waals surface area contributed by atoms with Gasteiger partial charge in [0.05, 0.1) is 0 Å². The van der Waals surface area contributed by atoms with Gasteiger partial charge in [-0.25, -0.2) is 0 Å². The van der Waals surface area contributed by atoms with E-state index in [2.05, 4.69) is 230 Å². The summed E-state index contributed by atoms with van der Waals surface area (Å²) in [5.74, 6) is 0. The fourth-order valence-electron chi connectivity index (χ4n) is 7.18. The van der Waals surface area contributed by atoms with Gasteiger partial charge in [-0.3, -0.25) is 0 Å². The van der Waals surface area contributed by atoms with Gasteiger partial charge in [0, 0.05) is 0 Å². The van der Waals surface area contributed by atoms with Crippen molar-refractivity contribution in [3.8, 4) is 0 Å². The molecule has 0 aliphatic carbocycles. The molecule has 0 radical (unpaired) electrons. The van der Waals surface area contributed by atoms with E-state index >= 15 is 0 Å². The second kappa shape index (κ2) is 21.3. The van der Waals surface area contributed by atoms with Gasteiger partial charge >= 0.3 is 334 Å². The topological polar surface area (TPSA) is 97.5 Å². The molecule has 0 bridgehead atoms.